The number of nitrogens with zero attached hydrogens (tertiary/aromatic N) is 4. The molecule has 3 heterocycles. The number of fused-ring (bicyclic) bond motifs is 1. The normalized spacial score (nSPS) is 10.8. The van der Waals surface area contributed by atoms with Crippen molar-refractivity contribution in [1.82, 2.24) is 19.6 Å². The van der Waals surface area contributed by atoms with Crippen molar-refractivity contribution in [2.45, 2.75) is 0 Å². The molecule has 0 atom stereocenters. The van der Waals surface area contributed by atoms with Crippen LogP contribution >= 0.6 is 0 Å². The van der Waals surface area contributed by atoms with Crippen molar-refractivity contribution in [3.63, 3.8) is 0 Å². The fraction of sp³-hybridized carbons (Fsp3) is 0. The molecule has 0 fully saturated rings. The van der Waals surface area contributed by atoms with Crippen LogP contribution in [0.4, 0.5) is 0 Å². The number of nitrogens with one attached hydrogen (secondary N) is 1. The Morgan fingerprint density at radius 3 is 2.96 bits per heavy atom. The van der Waals surface area contributed by atoms with Gasteiger partial charge in [0, 0.05) is 6.07 Å². The first kappa shape index (κ1) is 13.8. The number of phenols is 1. The van der Waals surface area contributed by atoms with Crippen molar-refractivity contribution in [1.29, 1.82) is 5.26 Å². The van der Waals surface area contributed by atoms with Crippen molar-refractivity contribution >= 4 is 5.65 Å². The summed E-state index contributed by atoms with van der Waals surface area (Å²) in [4.78, 5) is 19.5. The van der Waals surface area contributed by atoms with Gasteiger partial charge in [0.1, 0.15) is 23.6 Å². The lowest BCUT2D eigenvalue weighted by Gasteiger charge is -2.05. The third-order valence-electron chi connectivity index (χ3n) is 3.59. The molecule has 2 N–H and O–H groups in total. The number of rotatable bonds is 2. The van der Waals surface area contributed by atoms with E-state index in [1.165, 1.54) is 41.4 Å². The minimum Gasteiger partial charge on any atom is -0.507 e. The Balaban J connectivity index is 1.96. The summed E-state index contributed by atoms with van der Waals surface area (Å²) in [6.45, 7) is 0. The number of benzene rings is 1. The lowest BCUT2D eigenvalue weighted by molar-refractivity contribution is 0.473. The third-order valence-corrected chi connectivity index (χ3v) is 3.59. The fourth-order valence-electron chi connectivity index (χ4n) is 2.45. The summed E-state index contributed by atoms with van der Waals surface area (Å²) in [6, 6.07) is 7.78. The zero-order valence-corrected chi connectivity index (χ0v) is 12.1. The lowest BCUT2D eigenvalue weighted by atomic mass is 10.1. The molecule has 0 unspecified atom stereocenters. The largest absolute Gasteiger partial charge is 0.507 e. The van der Waals surface area contributed by atoms with Crippen LogP contribution in [0.25, 0.3) is 28.4 Å². The van der Waals surface area contributed by atoms with E-state index >= 15 is 0 Å². The van der Waals surface area contributed by atoms with Gasteiger partial charge in [-0.15, -0.1) is 0 Å². The summed E-state index contributed by atoms with van der Waals surface area (Å²) in [7, 11) is 0. The summed E-state index contributed by atoms with van der Waals surface area (Å²) in [5.74, 6) is 0.218. The Hall–Kier alpha value is -3.86. The summed E-state index contributed by atoms with van der Waals surface area (Å²) in [6.07, 6.45) is 4.42. The second kappa shape index (κ2) is 5.10. The number of phenolic OH excluding ortho intramolecular Hbond substituents is 1. The van der Waals surface area contributed by atoms with Crippen molar-refractivity contribution < 1.29 is 9.52 Å². The first-order valence-electron chi connectivity index (χ1n) is 6.92. The number of hydrogen-bond acceptors (Lipinski definition) is 6. The topological polar surface area (TPSA) is 120 Å². The first-order chi connectivity index (χ1) is 11.7. The second-order valence-electron chi connectivity index (χ2n) is 5.02. The van der Waals surface area contributed by atoms with E-state index in [-0.39, 0.29) is 16.9 Å². The van der Waals surface area contributed by atoms with Gasteiger partial charge < -0.3 is 14.5 Å². The Morgan fingerprint density at radius 2 is 2.21 bits per heavy atom. The van der Waals surface area contributed by atoms with Crippen LogP contribution in [0, 0.1) is 11.3 Å². The molecule has 0 radical (unpaired) electrons. The maximum absolute atomic E-state index is 12.3. The third kappa shape index (κ3) is 2.04. The van der Waals surface area contributed by atoms with Crippen LogP contribution in [-0.4, -0.2) is 24.7 Å². The molecule has 0 saturated carbocycles. The molecule has 8 nitrogen and oxygen atoms in total. The Morgan fingerprint density at radius 1 is 1.33 bits per heavy atom. The molecule has 0 aliphatic carbocycles. The van der Waals surface area contributed by atoms with E-state index in [1.807, 2.05) is 6.07 Å². The highest BCUT2D eigenvalue weighted by molar-refractivity contribution is 5.74. The SMILES string of the molecule is N#Cc1cc(-c2cc(=O)n3ncc(-c4ncco4)c3[nH]2)ccc1O. The quantitative estimate of drug-likeness (QED) is 0.582. The summed E-state index contributed by atoms with van der Waals surface area (Å²) >= 11 is 0. The summed E-state index contributed by atoms with van der Waals surface area (Å²) in [5.41, 5.74) is 1.81. The molecule has 0 saturated heterocycles. The molecule has 0 bridgehead atoms. The molecule has 116 valence electrons. The fourth-order valence-corrected chi connectivity index (χ4v) is 2.45. The number of aromatic nitrogens is 4. The summed E-state index contributed by atoms with van der Waals surface area (Å²) in [5, 5.41) is 22.7. The number of hydrogen-bond donors (Lipinski definition) is 2. The van der Waals surface area contributed by atoms with Gasteiger partial charge in [-0.1, -0.05) is 0 Å². The Labute approximate surface area is 134 Å². The van der Waals surface area contributed by atoms with Crippen LogP contribution in [0.1, 0.15) is 5.56 Å². The van der Waals surface area contributed by atoms with Crippen molar-refractivity contribution in [2.24, 2.45) is 0 Å². The number of nitriles is 1. The van der Waals surface area contributed by atoms with E-state index in [9.17, 15) is 9.90 Å². The Bertz CT molecular complexity index is 1150. The van der Waals surface area contributed by atoms with Crippen molar-refractivity contribution in [3.05, 3.63) is 58.8 Å². The number of oxazole rings is 1. The second-order valence-corrected chi connectivity index (χ2v) is 5.02. The van der Waals surface area contributed by atoms with Gasteiger partial charge in [-0.25, -0.2) is 4.98 Å². The number of aromatic amines is 1. The predicted octanol–water partition coefficient (Wildman–Crippen LogP) is 1.92. The zero-order valence-electron chi connectivity index (χ0n) is 12.1. The summed E-state index contributed by atoms with van der Waals surface area (Å²) < 4.78 is 6.46. The molecule has 1 aromatic carbocycles. The van der Waals surface area contributed by atoms with Gasteiger partial charge in [-0.2, -0.15) is 14.9 Å². The molecule has 8 heteroatoms. The van der Waals surface area contributed by atoms with E-state index in [2.05, 4.69) is 15.1 Å². The van der Waals surface area contributed by atoms with Crippen LogP contribution in [0.3, 0.4) is 0 Å². The van der Waals surface area contributed by atoms with Gasteiger partial charge in [0.15, 0.2) is 5.65 Å². The molecule has 0 aliphatic heterocycles. The van der Waals surface area contributed by atoms with Gasteiger partial charge in [0.2, 0.25) is 5.89 Å². The van der Waals surface area contributed by atoms with Crippen LogP contribution in [0.15, 0.2) is 52.1 Å². The molecule has 4 aromatic rings. The highest BCUT2D eigenvalue weighted by Crippen LogP contribution is 2.26. The maximum Gasteiger partial charge on any atom is 0.274 e. The van der Waals surface area contributed by atoms with Gasteiger partial charge in [0.25, 0.3) is 5.56 Å². The van der Waals surface area contributed by atoms with Crippen molar-refractivity contribution in [3.8, 4) is 34.5 Å². The number of H-pyrrole nitrogens is 1. The van der Waals surface area contributed by atoms with E-state index < -0.39 is 0 Å². The molecular weight excluding hydrogens is 310 g/mol. The van der Waals surface area contributed by atoms with E-state index in [0.717, 1.165) is 0 Å². The van der Waals surface area contributed by atoms with Crippen molar-refractivity contribution in [2.75, 3.05) is 0 Å². The van der Waals surface area contributed by atoms with Gasteiger partial charge in [-0.3, -0.25) is 4.79 Å². The van der Waals surface area contributed by atoms with E-state index in [4.69, 9.17) is 9.68 Å². The van der Waals surface area contributed by atoms with Crippen LogP contribution < -0.4 is 5.56 Å². The molecule has 0 amide bonds. The number of aromatic hydroxyl groups is 1. The monoisotopic (exact) mass is 319 g/mol. The molecule has 24 heavy (non-hydrogen) atoms. The average molecular weight is 319 g/mol. The van der Waals surface area contributed by atoms with E-state index in [0.29, 0.717) is 28.4 Å². The van der Waals surface area contributed by atoms with Gasteiger partial charge in [-0.05, 0) is 23.8 Å². The van der Waals surface area contributed by atoms with E-state index in [1.54, 1.807) is 6.07 Å². The van der Waals surface area contributed by atoms with Gasteiger partial charge >= 0.3 is 0 Å². The standard InChI is InChI=1S/C16H9N5O3/c17-7-10-5-9(1-2-13(10)22)12-6-14(23)21-15(20-12)11(8-19-21)16-18-3-4-24-16/h1-6,8,20,22H. The Kier molecular flexibility index (Phi) is 2.93. The minimum absolute atomic E-state index is 0.116. The molecular formula is C16H9N5O3. The predicted molar refractivity (Wildman–Crippen MR) is 83.1 cm³/mol. The molecule has 0 aliphatic rings. The highest BCUT2D eigenvalue weighted by atomic mass is 16.3. The zero-order chi connectivity index (χ0) is 16.7. The van der Waals surface area contributed by atoms with Crippen LogP contribution in [0.5, 0.6) is 5.75 Å². The maximum atomic E-state index is 12.3. The molecule has 0 spiro atoms. The van der Waals surface area contributed by atoms with Gasteiger partial charge in [0.05, 0.1) is 23.7 Å². The van der Waals surface area contributed by atoms with Crippen LogP contribution in [0.2, 0.25) is 0 Å². The highest BCUT2D eigenvalue weighted by Gasteiger charge is 2.14. The first-order valence-corrected chi connectivity index (χ1v) is 6.92. The minimum atomic E-state index is -0.344. The smallest absolute Gasteiger partial charge is 0.274 e. The average Bonchev–Trinajstić information content (AvgIpc) is 3.24. The van der Waals surface area contributed by atoms with Crippen LogP contribution in [-0.2, 0) is 0 Å². The lowest BCUT2D eigenvalue weighted by Crippen LogP contribution is -2.14. The molecule has 3 aromatic heterocycles. The molecule has 4 rings (SSSR count).